The number of benzene rings is 2. The van der Waals surface area contributed by atoms with E-state index in [2.05, 4.69) is 22.6 Å². The second-order valence-electron chi connectivity index (χ2n) is 6.83. The molecular weight excluding hydrogens is 403 g/mol. The van der Waals surface area contributed by atoms with Gasteiger partial charge in [-0.1, -0.05) is 41.6 Å². The summed E-state index contributed by atoms with van der Waals surface area (Å²) >= 11 is 2.14. The van der Waals surface area contributed by atoms with Gasteiger partial charge in [0.15, 0.2) is 0 Å². The van der Waals surface area contributed by atoms with Gasteiger partial charge in [0.05, 0.1) is 0 Å². The lowest BCUT2D eigenvalue weighted by molar-refractivity contribution is -0.136. The summed E-state index contributed by atoms with van der Waals surface area (Å²) in [4.78, 5) is 12.2. The molecule has 0 amide bonds. The summed E-state index contributed by atoms with van der Waals surface area (Å²) in [6.45, 7) is 9.93. The third-order valence-electron chi connectivity index (χ3n) is 3.51. The Balaban J connectivity index is 2.23. The Morgan fingerprint density at radius 3 is 2.04 bits per heavy atom. The number of carbonyl (C=O) groups is 1. The van der Waals surface area contributed by atoms with Crippen molar-refractivity contribution in [1.29, 1.82) is 0 Å². The van der Waals surface area contributed by atoms with Crippen LogP contribution in [0.4, 0.5) is 0 Å². The minimum Gasteiger partial charge on any atom is -0.488 e. The molecule has 3 nitrogen and oxygen atoms in total. The van der Waals surface area contributed by atoms with Crippen LogP contribution in [0.15, 0.2) is 36.4 Å². The van der Waals surface area contributed by atoms with Crippen LogP contribution < -0.4 is 9.47 Å². The van der Waals surface area contributed by atoms with E-state index in [9.17, 15) is 4.79 Å². The summed E-state index contributed by atoms with van der Waals surface area (Å²) in [6, 6.07) is 11.6. The maximum Gasteiger partial charge on any atom is 0.327 e. The first-order valence-corrected chi connectivity index (χ1v) is 8.83. The fraction of sp³-hybridized carbons (Fsp3) is 0.421. The summed E-state index contributed by atoms with van der Waals surface area (Å²) in [5.41, 5.74) is -0.228. The lowest BCUT2D eigenvalue weighted by Gasteiger charge is -2.21. The topological polar surface area (TPSA) is 35.5 Å². The number of esters is 1. The highest BCUT2D eigenvalue weighted by molar-refractivity contribution is 14.1. The molecule has 124 valence electrons. The molecule has 0 radical (unpaired) electrons. The molecule has 1 atom stereocenters. The van der Waals surface area contributed by atoms with E-state index in [0.29, 0.717) is 5.75 Å². The van der Waals surface area contributed by atoms with E-state index in [1.54, 1.807) is 0 Å². The van der Waals surface area contributed by atoms with Crippen LogP contribution in [0.2, 0.25) is 0 Å². The Morgan fingerprint density at radius 2 is 1.52 bits per heavy atom. The number of alkyl halides is 1. The highest BCUT2D eigenvalue weighted by Crippen LogP contribution is 2.29. The minimum atomic E-state index is -0.503. The van der Waals surface area contributed by atoms with E-state index in [1.807, 2.05) is 71.0 Å². The normalized spacial score (nSPS) is 14.3. The lowest BCUT2D eigenvalue weighted by Crippen LogP contribution is -2.31. The van der Waals surface area contributed by atoms with Crippen molar-refractivity contribution < 1.29 is 14.3 Å². The molecule has 0 fully saturated rings. The fourth-order valence-corrected chi connectivity index (χ4v) is 2.15. The summed E-state index contributed by atoms with van der Waals surface area (Å²) in [7, 11) is 0. The number of hydrogen-bond acceptors (Lipinski definition) is 3. The number of halogens is 1. The number of fused-ring (bicyclic) bond motifs is 1. The predicted molar refractivity (Wildman–Crippen MR) is 103 cm³/mol. The maximum absolute atomic E-state index is 12.2. The molecule has 2 aromatic rings. The monoisotopic (exact) mass is 426 g/mol. The van der Waals surface area contributed by atoms with E-state index in [1.165, 1.54) is 0 Å². The molecule has 23 heavy (non-hydrogen) atoms. The van der Waals surface area contributed by atoms with Gasteiger partial charge in [0.25, 0.3) is 0 Å². The van der Waals surface area contributed by atoms with Crippen LogP contribution in [0.5, 0.6) is 11.5 Å². The standard InChI is InChI=1S/C19H23IO3/c1-6-19(5,20)17(21)22-15-9-7-14-12-16(23-18(2,3)4)10-8-13(14)11-15/h7-12H,6H2,1-5H3. The third-order valence-corrected chi connectivity index (χ3v) is 4.71. The third kappa shape index (κ3) is 4.83. The average molecular weight is 426 g/mol. The Hall–Kier alpha value is -1.30. The van der Waals surface area contributed by atoms with E-state index >= 15 is 0 Å². The van der Waals surface area contributed by atoms with Crippen molar-refractivity contribution in [1.82, 2.24) is 0 Å². The second-order valence-corrected chi connectivity index (χ2v) is 9.21. The minimum absolute atomic E-state index is 0.215. The molecule has 0 saturated carbocycles. The van der Waals surface area contributed by atoms with Gasteiger partial charge >= 0.3 is 5.97 Å². The molecule has 0 saturated heterocycles. The summed E-state index contributed by atoms with van der Waals surface area (Å²) in [5.74, 6) is 1.19. The summed E-state index contributed by atoms with van der Waals surface area (Å²) < 4.78 is 10.9. The Morgan fingerprint density at radius 1 is 1.00 bits per heavy atom. The van der Waals surface area contributed by atoms with Gasteiger partial charge in [0.2, 0.25) is 0 Å². The van der Waals surface area contributed by atoms with E-state index in [4.69, 9.17) is 9.47 Å². The van der Waals surface area contributed by atoms with Crippen molar-refractivity contribution in [2.45, 2.75) is 50.1 Å². The van der Waals surface area contributed by atoms with Crippen molar-refractivity contribution in [3.05, 3.63) is 36.4 Å². The second kappa shape index (κ2) is 6.67. The zero-order valence-corrected chi connectivity index (χ0v) is 16.4. The SMILES string of the molecule is CCC(C)(I)C(=O)Oc1ccc2cc(OC(C)(C)C)ccc2c1. The quantitative estimate of drug-likeness (QED) is 0.279. The van der Waals surface area contributed by atoms with Crippen molar-refractivity contribution in [2.75, 3.05) is 0 Å². The van der Waals surface area contributed by atoms with Crippen molar-refractivity contribution >= 4 is 39.3 Å². The number of ether oxygens (including phenoxy) is 2. The Bertz CT molecular complexity index is 714. The van der Waals surface area contributed by atoms with Crippen LogP contribution in [0.25, 0.3) is 10.8 Å². The molecule has 1 unspecified atom stereocenters. The van der Waals surface area contributed by atoms with Gasteiger partial charge in [-0.15, -0.1) is 0 Å². The van der Waals surface area contributed by atoms with Gasteiger partial charge in [-0.05, 0) is 69.2 Å². The van der Waals surface area contributed by atoms with Crippen LogP contribution in [0, 0.1) is 0 Å². The molecular formula is C19H23IO3. The van der Waals surface area contributed by atoms with Gasteiger partial charge in [0.1, 0.15) is 20.5 Å². The zero-order chi connectivity index (χ0) is 17.3. The highest BCUT2D eigenvalue weighted by atomic mass is 127. The Labute approximate surface area is 151 Å². The van der Waals surface area contributed by atoms with Crippen molar-refractivity contribution in [2.24, 2.45) is 0 Å². The largest absolute Gasteiger partial charge is 0.488 e. The van der Waals surface area contributed by atoms with Crippen LogP contribution in [-0.4, -0.2) is 15.0 Å². The van der Waals surface area contributed by atoms with Gasteiger partial charge in [-0.2, -0.15) is 0 Å². The first kappa shape index (κ1) is 18.0. The van der Waals surface area contributed by atoms with E-state index < -0.39 is 3.42 Å². The number of hydrogen-bond donors (Lipinski definition) is 0. The van der Waals surface area contributed by atoms with Gasteiger partial charge in [-0.3, -0.25) is 4.79 Å². The van der Waals surface area contributed by atoms with E-state index in [-0.39, 0.29) is 11.6 Å². The van der Waals surface area contributed by atoms with Crippen LogP contribution in [0.3, 0.4) is 0 Å². The fourth-order valence-electron chi connectivity index (χ4n) is 2.04. The van der Waals surface area contributed by atoms with Crippen LogP contribution in [0.1, 0.15) is 41.0 Å². The van der Waals surface area contributed by atoms with E-state index in [0.717, 1.165) is 22.9 Å². The number of carbonyl (C=O) groups excluding carboxylic acids is 1. The molecule has 0 aliphatic carbocycles. The smallest absolute Gasteiger partial charge is 0.327 e. The predicted octanol–water partition coefficient (Wildman–Crippen LogP) is 5.53. The lowest BCUT2D eigenvalue weighted by atomic mass is 10.1. The van der Waals surface area contributed by atoms with Crippen molar-refractivity contribution in [3.63, 3.8) is 0 Å². The van der Waals surface area contributed by atoms with Gasteiger partial charge in [-0.25, -0.2) is 0 Å². The van der Waals surface area contributed by atoms with Gasteiger partial charge < -0.3 is 9.47 Å². The summed E-state index contributed by atoms with van der Waals surface area (Å²) in [6.07, 6.45) is 0.730. The molecule has 4 heteroatoms. The number of rotatable bonds is 4. The van der Waals surface area contributed by atoms with Crippen molar-refractivity contribution in [3.8, 4) is 11.5 Å². The van der Waals surface area contributed by atoms with Crippen LogP contribution >= 0.6 is 22.6 Å². The Kier molecular flexibility index (Phi) is 5.23. The molecule has 0 N–H and O–H groups in total. The first-order chi connectivity index (χ1) is 10.6. The first-order valence-electron chi connectivity index (χ1n) is 7.75. The molecule has 0 bridgehead atoms. The zero-order valence-electron chi connectivity index (χ0n) is 14.3. The molecule has 2 aromatic carbocycles. The van der Waals surface area contributed by atoms with Gasteiger partial charge in [0, 0.05) is 0 Å². The summed E-state index contributed by atoms with van der Waals surface area (Å²) in [5, 5.41) is 2.07. The highest BCUT2D eigenvalue weighted by Gasteiger charge is 2.29. The molecule has 0 aliphatic rings. The maximum atomic E-state index is 12.2. The molecule has 0 aliphatic heterocycles. The van der Waals surface area contributed by atoms with Crippen LogP contribution in [-0.2, 0) is 4.79 Å². The molecule has 2 rings (SSSR count). The molecule has 0 aromatic heterocycles. The molecule has 0 spiro atoms. The molecule has 0 heterocycles. The average Bonchev–Trinajstić information content (AvgIpc) is 2.45.